The average Bonchev–Trinajstić information content (AvgIpc) is 2.45. The van der Waals surface area contributed by atoms with Crippen LogP contribution in [0.3, 0.4) is 0 Å². The number of carbonyl (C=O) groups is 1. The Kier molecular flexibility index (Phi) is 3.90. The van der Waals surface area contributed by atoms with Crippen LogP contribution in [0.1, 0.15) is 16.1 Å². The summed E-state index contributed by atoms with van der Waals surface area (Å²) in [7, 11) is 0. The van der Waals surface area contributed by atoms with E-state index < -0.39 is 10.9 Å². The number of benzene rings is 1. The van der Waals surface area contributed by atoms with E-state index in [9.17, 15) is 14.9 Å². The summed E-state index contributed by atoms with van der Waals surface area (Å²) in [5.41, 5.74) is 0.119. The van der Waals surface area contributed by atoms with Gasteiger partial charge in [0.05, 0.1) is 4.92 Å². The second-order valence-corrected chi connectivity index (χ2v) is 3.86. The topological polar surface area (TPSA) is 103 Å². The van der Waals surface area contributed by atoms with Crippen LogP contribution in [0.4, 0.5) is 5.69 Å². The molecule has 0 atom stereocenters. The molecule has 0 radical (unpaired) electrons. The third kappa shape index (κ3) is 3.08. The molecule has 0 aliphatic heterocycles. The van der Waals surface area contributed by atoms with Crippen LogP contribution >= 0.6 is 0 Å². The van der Waals surface area contributed by atoms with E-state index in [2.05, 4.69) is 4.98 Å². The minimum Gasteiger partial charge on any atom is -0.477 e. The Bertz CT molecular complexity index is 642. The van der Waals surface area contributed by atoms with E-state index >= 15 is 0 Å². The summed E-state index contributed by atoms with van der Waals surface area (Å²) in [6.07, 6.45) is 0. The summed E-state index contributed by atoms with van der Waals surface area (Å²) >= 11 is 0. The van der Waals surface area contributed by atoms with Gasteiger partial charge < -0.3 is 9.84 Å². The van der Waals surface area contributed by atoms with E-state index in [-0.39, 0.29) is 23.9 Å². The van der Waals surface area contributed by atoms with Gasteiger partial charge >= 0.3 is 11.7 Å². The van der Waals surface area contributed by atoms with E-state index in [0.29, 0.717) is 0 Å². The van der Waals surface area contributed by atoms with Crippen molar-refractivity contribution in [2.24, 2.45) is 0 Å². The zero-order chi connectivity index (χ0) is 14.5. The number of hydrogen-bond acceptors (Lipinski definition) is 5. The summed E-state index contributed by atoms with van der Waals surface area (Å²) in [5.74, 6) is -1.58. The van der Waals surface area contributed by atoms with Gasteiger partial charge in [0, 0.05) is 6.07 Å². The molecule has 0 unspecified atom stereocenters. The van der Waals surface area contributed by atoms with Crippen LogP contribution in [-0.2, 0) is 6.61 Å². The molecule has 0 saturated carbocycles. The van der Waals surface area contributed by atoms with E-state index in [4.69, 9.17) is 9.84 Å². The molecule has 0 amide bonds. The van der Waals surface area contributed by atoms with Crippen LogP contribution in [-0.4, -0.2) is 21.0 Å². The van der Waals surface area contributed by atoms with Crippen LogP contribution in [0.5, 0.6) is 5.88 Å². The van der Waals surface area contributed by atoms with Crippen LogP contribution in [0.25, 0.3) is 0 Å². The highest BCUT2D eigenvalue weighted by Gasteiger charge is 2.19. The van der Waals surface area contributed by atoms with Crippen molar-refractivity contribution >= 4 is 11.7 Å². The molecule has 1 N–H and O–H groups in total. The average molecular weight is 274 g/mol. The first-order valence-corrected chi connectivity index (χ1v) is 5.63. The van der Waals surface area contributed by atoms with Crippen molar-refractivity contribution in [2.45, 2.75) is 6.61 Å². The van der Waals surface area contributed by atoms with Gasteiger partial charge in [0.2, 0.25) is 0 Å². The molecular weight excluding hydrogens is 264 g/mol. The van der Waals surface area contributed by atoms with Gasteiger partial charge in [0.1, 0.15) is 6.61 Å². The Morgan fingerprint density at radius 3 is 2.55 bits per heavy atom. The molecule has 7 heteroatoms. The lowest BCUT2D eigenvalue weighted by Gasteiger charge is -2.06. The van der Waals surface area contributed by atoms with Crippen molar-refractivity contribution in [1.29, 1.82) is 0 Å². The minimum atomic E-state index is -1.27. The number of ether oxygens (including phenoxy) is 1. The maximum absolute atomic E-state index is 10.9. The first kappa shape index (κ1) is 13.5. The molecule has 1 aromatic heterocycles. The number of carboxylic acid groups (broad SMARTS) is 1. The summed E-state index contributed by atoms with van der Waals surface area (Å²) in [6, 6.07) is 11.1. The van der Waals surface area contributed by atoms with Crippen molar-refractivity contribution in [3.05, 3.63) is 63.8 Å². The van der Waals surface area contributed by atoms with Crippen LogP contribution in [0, 0.1) is 10.1 Å². The zero-order valence-electron chi connectivity index (χ0n) is 10.2. The number of hydrogen-bond donors (Lipinski definition) is 1. The third-order valence-electron chi connectivity index (χ3n) is 2.47. The molecule has 0 aliphatic carbocycles. The van der Waals surface area contributed by atoms with E-state index in [1.165, 1.54) is 0 Å². The Balaban J connectivity index is 2.26. The zero-order valence-corrected chi connectivity index (χ0v) is 10.2. The SMILES string of the molecule is O=C(O)c1ccc([N+](=O)[O-])c(OCc2ccccc2)n1. The van der Waals surface area contributed by atoms with Gasteiger partial charge in [-0.2, -0.15) is 0 Å². The lowest BCUT2D eigenvalue weighted by molar-refractivity contribution is -0.386. The highest BCUT2D eigenvalue weighted by Crippen LogP contribution is 2.25. The molecule has 0 aliphatic rings. The van der Waals surface area contributed by atoms with Gasteiger partial charge in [-0.15, -0.1) is 0 Å². The van der Waals surface area contributed by atoms with Crippen molar-refractivity contribution in [2.75, 3.05) is 0 Å². The number of carboxylic acids is 1. The van der Waals surface area contributed by atoms with Crippen molar-refractivity contribution in [1.82, 2.24) is 4.98 Å². The number of pyridine rings is 1. The van der Waals surface area contributed by atoms with Crippen molar-refractivity contribution in [3.63, 3.8) is 0 Å². The number of nitro groups is 1. The molecule has 0 fully saturated rings. The molecule has 0 saturated heterocycles. The van der Waals surface area contributed by atoms with E-state index in [1.54, 1.807) is 24.3 Å². The smallest absolute Gasteiger partial charge is 0.354 e. The Hall–Kier alpha value is -2.96. The largest absolute Gasteiger partial charge is 0.477 e. The van der Waals surface area contributed by atoms with E-state index in [0.717, 1.165) is 17.7 Å². The first-order chi connectivity index (χ1) is 9.58. The van der Waals surface area contributed by atoms with Gasteiger partial charge in [0.25, 0.3) is 5.88 Å². The first-order valence-electron chi connectivity index (χ1n) is 5.63. The van der Waals surface area contributed by atoms with Gasteiger partial charge in [-0.25, -0.2) is 9.78 Å². The van der Waals surface area contributed by atoms with Crippen molar-refractivity contribution < 1.29 is 19.6 Å². The number of nitrogens with zero attached hydrogens (tertiary/aromatic N) is 2. The molecule has 0 bridgehead atoms. The quantitative estimate of drug-likeness (QED) is 0.662. The normalized spacial score (nSPS) is 10.0. The number of aromatic nitrogens is 1. The van der Waals surface area contributed by atoms with Crippen LogP contribution in [0.15, 0.2) is 42.5 Å². The number of aromatic carboxylic acids is 1. The summed E-state index contributed by atoms with van der Waals surface area (Å²) < 4.78 is 5.26. The minimum absolute atomic E-state index is 0.0672. The lowest BCUT2D eigenvalue weighted by atomic mass is 10.2. The van der Waals surface area contributed by atoms with Crippen LogP contribution < -0.4 is 4.74 Å². The molecule has 20 heavy (non-hydrogen) atoms. The molecule has 2 aromatic rings. The Morgan fingerprint density at radius 2 is 1.95 bits per heavy atom. The second-order valence-electron chi connectivity index (χ2n) is 3.86. The lowest BCUT2D eigenvalue weighted by Crippen LogP contribution is -2.06. The third-order valence-corrected chi connectivity index (χ3v) is 2.47. The molecule has 102 valence electrons. The second kappa shape index (κ2) is 5.79. The molecular formula is C13H10N2O5. The summed E-state index contributed by atoms with van der Waals surface area (Å²) in [4.78, 5) is 24.7. The fourth-order valence-electron chi connectivity index (χ4n) is 1.52. The monoisotopic (exact) mass is 274 g/mol. The molecule has 0 spiro atoms. The summed E-state index contributed by atoms with van der Waals surface area (Å²) in [6.45, 7) is 0.0672. The maximum Gasteiger partial charge on any atom is 0.354 e. The van der Waals surface area contributed by atoms with Crippen molar-refractivity contribution in [3.8, 4) is 5.88 Å². The van der Waals surface area contributed by atoms with Gasteiger partial charge in [0.15, 0.2) is 5.69 Å². The predicted octanol–water partition coefficient (Wildman–Crippen LogP) is 2.27. The summed E-state index contributed by atoms with van der Waals surface area (Å²) in [5, 5.41) is 19.7. The maximum atomic E-state index is 10.9. The Labute approximate surface area is 113 Å². The number of rotatable bonds is 5. The highest BCUT2D eigenvalue weighted by atomic mass is 16.6. The fraction of sp³-hybridized carbons (Fsp3) is 0.0769. The molecule has 1 heterocycles. The molecule has 7 nitrogen and oxygen atoms in total. The highest BCUT2D eigenvalue weighted by molar-refractivity contribution is 5.85. The predicted molar refractivity (Wildman–Crippen MR) is 68.6 cm³/mol. The van der Waals surface area contributed by atoms with Gasteiger partial charge in [-0.05, 0) is 11.6 Å². The van der Waals surface area contributed by atoms with E-state index in [1.807, 2.05) is 6.07 Å². The standard InChI is InChI=1S/C13H10N2O5/c16-13(17)10-6-7-11(15(18)19)12(14-10)20-8-9-4-2-1-3-5-9/h1-7H,8H2,(H,16,17). The molecule has 1 aromatic carbocycles. The Morgan fingerprint density at radius 1 is 1.25 bits per heavy atom. The fourth-order valence-corrected chi connectivity index (χ4v) is 1.52. The van der Waals surface area contributed by atoms with Gasteiger partial charge in [-0.3, -0.25) is 10.1 Å². The van der Waals surface area contributed by atoms with Crippen LogP contribution in [0.2, 0.25) is 0 Å². The molecule has 2 rings (SSSR count). The van der Waals surface area contributed by atoms with Gasteiger partial charge in [-0.1, -0.05) is 30.3 Å².